The zero-order valence-corrected chi connectivity index (χ0v) is 14.1. The molecule has 114 valence electrons. The number of rotatable bonds is 5. The monoisotopic (exact) mass is 284 g/mol. The Balaban J connectivity index is 2.65. The zero-order valence-electron chi connectivity index (χ0n) is 14.1. The van der Waals surface area contributed by atoms with Crippen molar-refractivity contribution in [2.75, 3.05) is 11.9 Å². The fraction of sp³-hybridized carbons (Fsp3) is 0.526. The Morgan fingerprint density at radius 3 is 2.48 bits per heavy atom. The van der Waals surface area contributed by atoms with Gasteiger partial charge in [0.1, 0.15) is 0 Å². The van der Waals surface area contributed by atoms with Crippen LogP contribution in [0.5, 0.6) is 0 Å². The van der Waals surface area contributed by atoms with Crippen molar-refractivity contribution in [1.29, 1.82) is 0 Å². The number of nitrogens with one attached hydrogen (secondary N) is 1. The standard InChI is InChI=1S/C19H28N2/c1-6-9-14-10-8-11-15-16(20-12-7-2)13-17(19(3,4)5)21-18(14)15/h8,10-11,13H,6-7,9,12H2,1-5H3,(H,20,21). The number of nitrogens with zero attached hydrogens (tertiary/aromatic N) is 1. The average Bonchev–Trinajstić information content (AvgIpc) is 2.44. The van der Waals surface area contributed by atoms with Crippen LogP contribution in [0.3, 0.4) is 0 Å². The smallest absolute Gasteiger partial charge is 0.0758 e. The first-order valence-electron chi connectivity index (χ1n) is 8.14. The predicted octanol–water partition coefficient (Wildman–Crippen LogP) is 5.31. The lowest BCUT2D eigenvalue weighted by Gasteiger charge is -2.21. The van der Waals surface area contributed by atoms with Crippen LogP contribution in [-0.2, 0) is 11.8 Å². The van der Waals surface area contributed by atoms with E-state index in [4.69, 9.17) is 4.98 Å². The highest BCUT2D eigenvalue weighted by atomic mass is 14.9. The van der Waals surface area contributed by atoms with Gasteiger partial charge in [-0.3, -0.25) is 4.98 Å². The second-order valence-electron chi connectivity index (χ2n) is 6.80. The van der Waals surface area contributed by atoms with Crippen LogP contribution in [0, 0.1) is 0 Å². The summed E-state index contributed by atoms with van der Waals surface area (Å²) < 4.78 is 0. The number of fused-ring (bicyclic) bond motifs is 1. The first kappa shape index (κ1) is 15.8. The lowest BCUT2D eigenvalue weighted by molar-refractivity contribution is 0.571. The van der Waals surface area contributed by atoms with Crippen molar-refractivity contribution in [3.63, 3.8) is 0 Å². The minimum Gasteiger partial charge on any atom is -0.384 e. The third kappa shape index (κ3) is 3.55. The van der Waals surface area contributed by atoms with Crippen molar-refractivity contribution >= 4 is 16.6 Å². The van der Waals surface area contributed by atoms with Gasteiger partial charge in [0.2, 0.25) is 0 Å². The van der Waals surface area contributed by atoms with E-state index in [-0.39, 0.29) is 5.41 Å². The van der Waals surface area contributed by atoms with Gasteiger partial charge in [0.05, 0.1) is 5.52 Å². The van der Waals surface area contributed by atoms with Gasteiger partial charge in [-0.25, -0.2) is 0 Å². The Morgan fingerprint density at radius 2 is 1.86 bits per heavy atom. The highest BCUT2D eigenvalue weighted by Crippen LogP contribution is 2.31. The summed E-state index contributed by atoms with van der Waals surface area (Å²) in [4.78, 5) is 4.99. The molecule has 2 aromatic rings. The van der Waals surface area contributed by atoms with E-state index < -0.39 is 0 Å². The van der Waals surface area contributed by atoms with Crippen LogP contribution in [0.15, 0.2) is 24.3 Å². The summed E-state index contributed by atoms with van der Waals surface area (Å²) in [6.45, 7) is 12.1. The minimum atomic E-state index is 0.0656. The Labute approximate surface area is 129 Å². The van der Waals surface area contributed by atoms with Gasteiger partial charge in [-0.05, 0) is 24.5 Å². The van der Waals surface area contributed by atoms with Crippen molar-refractivity contribution in [3.8, 4) is 0 Å². The van der Waals surface area contributed by atoms with Crippen LogP contribution in [-0.4, -0.2) is 11.5 Å². The lowest BCUT2D eigenvalue weighted by Crippen LogP contribution is -2.15. The maximum absolute atomic E-state index is 4.99. The molecule has 0 saturated carbocycles. The summed E-state index contributed by atoms with van der Waals surface area (Å²) in [6, 6.07) is 8.79. The van der Waals surface area contributed by atoms with Gasteiger partial charge < -0.3 is 5.32 Å². The molecule has 0 aliphatic rings. The number of para-hydroxylation sites is 1. The van der Waals surface area contributed by atoms with Gasteiger partial charge in [-0.2, -0.15) is 0 Å². The molecule has 0 radical (unpaired) electrons. The summed E-state index contributed by atoms with van der Waals surface area (Å²) >= 11 is 0. The second-order valence-corrected chi connectivity index (χ2v) is 6.80. The van der Waals surface area contributed by atoms with Crippen molar-refractivity contribution in [1.82, 2.24) is 4.98 Å². The van der Waals surface area contributed by atoms with Gasteiger partial charge in [0, 0.05) is 28.7 Å². The van der Waals surface area contributed by atoms with Crippen LogP contribution in [0.1, 0.15) is 58.7 Å². The van der Waals surface area contributed by atoms with E-state index in [1.807, 2.05) is 0 Å². The fourth-order valence-corrected chi connectivity index (χ4v) is 2.57. The van der Waals surface area contributed by atoms with E-state index in [0.29, 0.717) is 0 Å². The number of pyridine rings is 1. The molecular weight excluding hydrogens is 256 g/mol. The van der Waals surface area contributed by atoms with Crippen molar-refractivity contribution < 1.29 is 0 Å². The molecule has 0 atom stereocenters. The number of aromatic nitrogens is 1. The predicted molar refractivity (Wildman–Crippen MR) is 93.2 cm³/mol. The minimum absolute atomic E-state index is 0.0656. The van der Waals surface area contributed by atoms with E-state index in [1.165, 1.54) is 22.2 Å². The Hall–Kier alpha value is -1.57. The molecule has 1 N–H and O–H groups in total. The highest BCUT2D eigenvalue weighted by Gasteiger charge is 2.18. The Kier molecular flexibility index (Phi) is 4.87. The molecule has 2 nitrogen and oxygen atoms in total. The first-order valence-corrected chi connectivity index (χ1v) is 8.14. The van der Waals surface area contributed by atoms with E-state index in [1.54, 1.807) is 0 Å². The average molecular weight is 284 g/mol. The molecule has 1 aromatic heterocycles. The zero-order chi connectivity index (χ0) is 15.5. The summed E-state index contributed by atoms with van der Waals surface area (Å²) in [5.74, 6) is 0. The van der Waals surface area contributed by atoms with Crippen LogP contribution < -0.4 is 5.32 Å². The quantitative estimate of drug-likeness (QED) is 0.805. The van der Waals surface area contributed by atoms with Gasteiger partial charge in [-0.15, -0.1) is 0 Å². The molecule has 0 amide bonds. The number of benzene rings is 1. The SMILES string of the molecule is CCCNc1cc(C(C)(C)C)nc2c(CCC)cccc12. The molecule has 1 heterocycles. The van der Waals surface area contributed by atoms with Gasteiger partial charge in [-0.1, -0.05) is 59.2 Å². The van der Waals surface area contributed by atoms with Gasteiger partial charge >= 0.3 is 0 Å². The van der Waals surface area contributed by atoms with Crippen LogP contribution in [0.25, 0.3) is 10.9 Å². The third-order valence-corrected chi connectivity index (χ3v) is 3.78. The number of hydrogen-bond donors (Lipinski definition) is 1. The largest absolute Gasteiger partial charge is 0.384 e. The van der Waals surface area contributed by atoms with E-state index in [2.05, 4.69) is 64.2 Å². The number of hydrogen-bond acceptors (Lipinski definition) is 2. The summed E-state index contributed by atoms with van der Waals surface area (Å²) in [5, 5.41) is 4.83. The van der Waals surface area contributed by atoms with E-state index in [0.717, 1.165) is 31.5 Å². The maximum Gasteiger partial charge on any atom is 0.0758 e. The van der Waals surface area contributed by atoms with Gasteiger partial charge in [0.25, 0.3) is 0 Å². The molecule has 2 heteroatoms. The fourth-order valence-electron chi connectivity index (χ4n) is 2.57. The third-order valence-electron chi connectivity index (χ3n) is 3.78. The van der Waals surface area contributed by atoms with Crippen molar-refractivity contribution in [3.05, 3.63) is 35.5 Å². The molecule has 21 heavy (non-hydrogen) atoms. The summed E-state index contributed by atoms with van der Waals surface area (Å²) in [7, 11) is 0. The van der Waals surface area contributed by atoms with Crippen LogP contribution in [0.2, 0.25) is 0 Å². The molecule has 0 spiro atoms. The molecule has 2 rings (SSSR count). The maximum atomic E-state index is 4.99. The topological polar surface area (TPSA) is 24.9 Å². The lowest BCUT2D eigenvalue weighted by atomic mass is 9.90. The van der Waals surface area contributed by atoms with Crippen molar-refractivity contribution in [2.24, 2.45) is 0 Å². The molecule has 0 unspecified atom stereocenters. The number of anilines is 1. The second kappa shape index (κ2) is 6.46. The Bertz CT molecular complexity index is 609. The van der Waals surface area contributed by atoms with Gasteiger partial charge in [0.15, 0.2) is 0 Å². The number of aryl methyl sites for hydroxylation is 1. The molecule has 0 bridgehead atoms. The molecule has 1 aromatic carbocycles. The van der Waals surface area contributed by atoms with Crippen molar-refractivity contribution in [2.45, 2.75) is 59.3 Å². The van der Waals surface area contributed by atoms with E-state index in [9.17, 15) is 0 Å². The summed E-state index contributed by atoms with van der Waals surface area (Å²) in [5.41, 5.74) is 4.99. The molecule has 0 aliphatic carbocycles. The molecule has 0 aliphatic heterocycles. The molecular formula is C19H28N2. The first-order chi connectivity index (χ1) is 9.97. The highest BCUT2D eigenvalue weighted by molar-refractivity contribution is 5.93. The molecule has 0 saturated heterocycles. The summed E-state index contributed by atoms with van der Waals surface area (Å²) in [6.07, 6.45) is 3.37. The van der Waals surface area contributed by atoms with E-state index >= 15 is 0 Å². The Morgan fingerprint density at radius 1 is 1.10 bits per heavy atom. The van der Waals surface area contributed by atoms with Crippen LogP contribution in [0.4, 0.5) is 5.69 Å². The normalized spacial score (nSPS) is 11.9. The molecule has 0 fully saturated rings. The van der Waals surface area contributed by atoms with Crippen LogP contribution >= 0.6 is 0 Å².